The number of nitrogens with zero attached hydrogens (tertiary/aromatic N) is 2. The Labute approximate surface area is 120 Å². The number of hydrogen-bond acceptors (Lipinski definition) is 2. The number of terminal acetylenes is 1. The molecule has 4 nitrogen and oxygen atoms in total. The Balaban J connectivity index is 1.70. The van der Waals surface area contributed by atoms with E-state index in [-0.39, 0.29) is 23.7 Å². The monoisotopic (exact) mass is 273 g/mol. The molecule has 0 unspecified atom stereocenters. The van der Waals surface area contributed by atoms with Crippen LogP contribution in [0.5, 0.6) is 0 Å². The molecule has 1 saturated heterocycles. The van der Waals surface area contributed by atoms with E-state index in [4.69, 9.17) is 6.42 Å². The highest BCUT2D eigenvalue weighted by atomic mass is 16.2. The molecule has 106 valence electrons. The summed E-state index contributed by atoms with van der Waals surface area (Å²) < 4.78 is 0.633. The fourth-order valence-corrected chi connectivity index (χ4v) is 3.88. The van der Waals surface area contributed by atoms with Gasteiger partial charge in [-0.2, -0.15) is 0 Å². The van der Waals surface area contributed by atoms with Crippen molar-refractivity contribution in [1.29, 1.82) is 0 Å². The number of likely N-dealkylation sites (N-methyl/N-ethyl adjacent to an activating group) is 1. The van der Waals surface area contributed by atoms with Gasteiger partial charge in [0.2, 0.25) is 11.8 Å². The van der Waals surface area contributed by atoms with Crippen LogP contribution in [0.3, 0.4) is 0 Å². The lowest BCUT2D eigenvalue weighted by Crippen LogP contribution is -2.47. The number of carbonyl (C=O) groups is 2. The molecule has 4 atom stereocenters. The first kappa shape index (κ1) is 13.4. The maximum absolute atomic E-state index is 12.5. The van der Waals surface area contributed by atoms with Crippen molar-refractivity contribution in [3.63, 3.8) is 0 Å². The minimum Gasteiger partial charge on any atom is -0.317 e. The number of hydrogen-bond donors (Lipinski definition) is 0. The summed E-state index contributed by atoms with van der Waals surface area (Å²) in [5.74, 6) is 3.14. The van der Waals surface area contributed by atoms with E-state index in [2.05, 4.69) is 18.1 Å². The van der Waals surface area contributed by atoms with Crippen LogP contribution in [0.2, 0.25) is 0 Å². The summed E-state index contributed by atoms with van der Waals surface area (Å²) in [5.41, 5.74) is 0. The fraction of sp³-hybridized carbons (Fsp3) is 0.625. The Morgan fingerprint density at radius 3 is 2.30 bits per heavy atom. The van der Waals surface area contributed by atoms with Crippen molar-refractivity contribution < 1.29 is 14.1 Å². The molecule has 2 amide bonds. The molecule has 0 aromatic rings. The highest BCUT2D eigenvalue weighted by molar-refractivity contribution is 6.06. The van der Waals surface area contributed by atoms with Gasteiger partial charge in [-0.1, -0.05) is 12.2 Å². The smallest absolute Gasteiger partial charge is 0.233 e. The molecule has 1 saturated carbocycles. The Hall–Kier alpha value is -1.60. The lowest BCUT2D eigenvalue weighted by atomic mass is 9.85. The Morgan fingerprint density at radius 2 is 1.80 bits per heavy atom. The summed E-state index contributed by atoms with van der Waals surface area (Å²) >= 11 is 0. The third kappa shape index (κ3) is 1.89. The van der Waals surface area contributed by atoms with Gasteiger partial charge < -0.3 is 4.48 Å². The molecule has 1 aliphatic heterocycles. The highest BCUT2D eigenvalue weighted by Gasteiger charge is 2.59. The molecule has 0 N–H and O–H groups in total. The van der Waals surface area contributed by atoms with E-state index in [1.54, 1.807) is 0 Å². The van der Waals surface area contributed by atoms with Crippen LogP contribution in [-0.4, -0.2) is 54.9 Å². The van der Waals surface area contributed by atoms with Crippen LogP contribution in [0.25, 0.3) is 0 Å². The van der Waals surface area contributed by atoms with Crippen molar-refractivity contribution in [1.82, 2.24) is 4.90 Å². The molecule has 4 heteroatoms. The average molecular weight is 273 g/mol. The first-order chi connectivity index (χ1) is 9.44. The second-order valence-electron chi connectivity index (χ2n) is 6.85. The van der Waals surface area contributed by atoms with E-state index in [9.17, 15) is 9.59 Å². The van der Waals surface area contributed by atoms with E-state index >= 15 is 0 Å². The summed E-state index contributed by atoms with van der Waals surface area (Å²) in [4.78, 5) is 26.5. The number of imide groups is 1. The number of allylic oxidation sites excluding steroid dienone is 2. The van der Waals surface area contributed by atoms with E-state index in [1.807, 2.05) is 14.1 Å². The van der Waals surface area contributed by atoms with Crippen LogP contribution in [-0.2, 0) is 9.59 Å². The Bertz CT molecular complexity index is 499. The predicted molar refractivity (Wildman–Crippen MR) is 75.1 cm³/mol. The number of rotatable bonds is 4. The molecular weight excluding hydrogens is 252 g/mol. The minimum absolute atomic E-state index is 0.0394. The molecule has 0 aromatic heterocycles. The van der Waals surface area contributed by atoms with Crippen LogP contribution in [0.1, 0.15) is 6.42 Å². The molecule has 2 aliphatic carbocycles. The molecule has 3 rings (SSSR count). The topological polar surface area (TPSA) is 37.4 Å². The van der Waals surface area contributed by atoms with Gasteiger partial charge in [-0.25, -0.2) is 0 Å². The van der Waals surface area contributed by atoms with Gasteiger partial charge in [-0.05, 0) is 24.2 Å². The average Bonchev–Trinajstić information content (AvgIpc) is 3.03. The van der Waals surface area contributed by atoms with Crippen LogP contribution < -0.4 is 0 Å². The second-order valence-corrected chi connectivity index (χ2v) is 6.85. The van der Waals surface area contributed by atoms with Gasteiger partial charge in [0.1, 0.15) is 6.54 Å². The second kappa shape index (κ2) is 4.46. The molecule has 20 heavy (non-hydrogen) atoms. The molecule has 0 aromatic carbocycles. The van der Waals surface area contributed by atoms with Gasteiger partial charge in [0.25, 0.3) is 0 Å². The van der Waals surface area contributed by atoms with Gasteiger partial charge in [0, 0.05) is 0 Å². The first-order valence-electron chi connectivity index (χ1n) is 7.23. The van der Waals surface area contributed by atoms with Gasteiger partial charge in [0.05, 0.1) is 39.0 Å². The summed E-state index contributed by atoms with van der Waals surface area (Å²) in [6.07, 6.45) is 10.6. The predicted octanol–water partition coefficient (Wildman–Crippen LogP) is 0.503. The van der Waals surface area contributed by atoms with E-state index in [1.165, 1.54) is 4.90 Å². The van der Waals surface area contributed by atoms with Gasteiger partial charge >= 0.3 is 0 Å². The maximum atomic E-state index is 12.5. The SMILES string of the molecule is C#CC[N+](C)(C)CCN1C(=O)[C@H]2[C@H](C1=O)[C@H]1C=C[C@H]2C1. The standard InChI is InChI=1S/C16H21N2O2/c1-4-8-18(2,3)9-7-17-15(19)13-11-5-6-12(10-11)14(13)16(17)20/h1,5-6,11-14H,7-10H2,2-3H3/q+1/t11-,12-,13+,14+/m0/s1. The molecule has 3 aliphatic rings. The van der Waals surface area contributed by atoms with Crippen molar-refractivity contribution in [2.45, 2.75) is 6.42 Å². The number of carbonyl (C=O) groups excluding carboxylic acids is 2. The van der Waals surface area contributed by atoms with Crippen LogP contribution in [0.4, 0.5) is 0 Å². The molecule has 1 heterocycles. The fourth-order valence-electron chi connectivity index (χ4n) is 3.88. The zero-order chi connectivity index (χ0) is 14.5. The van der Waals surface area contributed by atoms with E-state index in [0.717, 1.165) is 6.42 Å². The minimum atomic E-state index is -0.0826. The number of likely N-dealkylation sites (tertiary alicyclic amines) is 1. The Kier molecular flexibility index (Phi) is 2.98. The van der Waals surface area contributed by atoms with Crippen molar-refractivity contribution in [3.8, 4) is 12.3 Å². The summed E-state index contributed by atoms with van der Waals surface area (Å²) in [5, 5.41) is 0. The third-order valence-corrected chi connectivity index (χ3v) is 5.01. The zero-order valence-corrected chi connectivity index (χ0v) is 12.1. The summed E-state index contributed by atoms with van der Waals surface area (Å²) in [6.45, 7) is 1.80. The van der Waals surface area contributed by atoms with E-state index < -0.39 is 0 Å². The lowest BCUT2D eigenvalue weighted by molar-refractivity contribution is -0.882. The number of quaternary nitrogens is 1. The zero-order valence-electron chi connectivity index (χ0n) is 12.1. The number of fused-ring (bicyclic) bond motifs is 5. The first-order valence-corrected chi connectivity index (χ1v) is 7.23. The molecule has 0 spiro atoms. The van der Waals surface area contributed by atoms with Gasteiger partial charge in [-0.3, -0.25) is 14.5 Å². The lowest BCUT2D eigenvalue weighted by Gasteiger charge is -2.29. The molecule has 0 radical (unpaired) electrons. The Morgan fingerprint density at radius 1 is 1.25 bits per heavy atom. The van der Waals surface area contributed by atoms with Crippen molar-refractivity contribution in [3.05, 3.63) is 12.2 Å². The largest absolute Gasteiger partial charge is 0.317 e. The highest BCUT2D eigenvalue weighted by Crippen LogP contribution is 2.52. The maximum Gasteiger partial charge on any atom is 0.233 e. The normalized spacial score (nSPS) is 34.8. The van der Waals surface area contributed by atoms with E-state index in [0.29, 0.717) is 36.0 Å². The number of amides is 2. The third-order valence-electron chi connectivity index (χ3n) is 5.01. The van der Waals surface area contributed by atoms with Crippen LogP contribution >= 0.6 is 0 Å². The summed E-state index contributed by atoms with van der Waals surface area (Å²) in [6, 6.07) is 0. The molecule has 2 bridgehead atoms. The van der Waals surface area contributed by atoms with Crippen LogP contribution in [0.15, 0.2) is 12.2 Å². The molecular formula is C16H21N2O2+. The quantitative estimate of drug-likeness (QED) is 0.324. The van der Waals surface area contributed by atoms with Crippen molar-refractivity contribution in [2.24, 2.45) is 23.7 Å². The van der Waals surface area contributed by atoms with Gasteiger partial charge in [-0.15, -0.1) is 6.42 Å². The van der Waals surface area contributed by atoms with Gasteiger partial charge in [0.15, 0.2) is 0 Å². The van der Waals surface area contributed by atoms with Crippen molar-refractivity contribution >= 4 is 11.8 Å². The van der Waals surface area contributed by atoms with Crippen LogP contribution in [0, 0.1) is 36.0 Å². The summed E-state index contributed by atoms with van der Waals surface area (Å²) in [7, 11) is 4.05. The molecule has 2 fully saturated rings. The van der Waals surface area contributed by atoms with Crippen molar-refractivity contribution in [2.75, 3.05) is 33.7 Å².